The average Bonchev–Trinajstić information content (AvgIpc) is 1.98. The van der Waals surface area contributed by atoms with Gasteiger partial charge in [0.1, 0.15) is 108 Å². The number of carbonyl (C=O) groups is 2. The number of esters is 2. The second kappa shape index (κ2) is 29.3. The van der Waals surface area contributed by atoms with Gasteiger partial charge in [-0.3, -0.25) is 33.2 Å². The molecule has 12 atom stereocenters. The van der Waals surface area contributed by atoms with Crippen LogP contribution in [-0.2, 0) is 53.4 Å². The van der Waals surface area contributed by atoms with Crippen LogP contribution in [0.4, 0.5) is 21.7 Å². The summed E-state index contributed by atoms with van der Waals surface area (Å²) in [5.41, 5.74) is 8.71. The van der Waals surface area contributed by atoms with E-state index in [-0.39, 0.29) is 59.8 Å². The lowest BCUT2D eigenvalue weighted by molar-refractivity contribution is -0.384. The van der Waals surface area contributed by atoms with Crippen LogP contribution in [0.2, 0.25) is 0 Å². The maximum atomic E-state index is 13.8. The summed E-state index contributed by atoms with van der Waals surface area (Å²) in [5.74, 6) is -0.345. The average molecular weight is 1260 g/mol. The highest BCUT2D eigenvalue weighted by molar-refractivity contribution is 7.56. The van der Waals surface area contributed by atoms with Crippen molar-refractivity contribution in [3.05, 3.63) is 113 Å². The first kappa shape index (κ1) is 66.7. The van der Waals surface area contributed by atoms with Crippen molar-refractivity contribution in [3.63, 3.8) is 0 Å². The summed E-state index contributed by atoms with van der Waals surface area (Å²) in [4.78, 5) is 42.2. The molecule has 11 N–H and O–H groups in total. The van der Waals surface area contributed by atoms with E-state index in [1.54, 1.807) is 49.4 Å². The number of benzene rings is 2. The molecule has 2 aliphatic heterocycles. The molecule has 34 heteroatoms. The van der Waals surface area contributed by atoms with Crippen molar-refractivity contribution in [2.75, 3.05) is 38.5 Å². The first-order valence-electron chi connectivity index (χ1n) is 27.1. The van der Waals surface area contributed by atoms with Crippen molar-refractivity contribution in [1.29, 1.82) is 10.5 Å². The van der Waals surface area contributed by atoms with Gasteiger partial charge in [-0.2, -0.15) is 25.8 Å². The predicted molar refractivity (Wildman–Crippen MR) is 305 cm³/mol. The van der Waals surface area contributed by atoms with Gasteiger partial charge in [-0.1, -0.05) is 25.6 Å². The number of nitro benzene ring substituents is 1. The number of nitrogen functional groups attached to an aromatic ring is 2. The lowest BCUT2D eigenvalue weighted by Crippen LogP contribution is -2.41. The molecular formula is C53H68FN13O18P2. The van der Waals surface area contributed by atoms with E-state index in [2.05, 4.69) is 30.3 Å². The van der Waals surface area contributed by atoms with E-state index in [0.29, 0.717) is 11.0 Å². The second-order valence-corrected chi connectivity index (χ2v) is 23.8. The molecule has 2 saturated carbocycles. The summed E-state index contributed by atoms with van der Waals surface area (Å²) in [6.07, 6.45) is -1.24. The smallest absolute Gasteiger partial charge is 0.459 e. The molecular weight excluding hydrogens is 1190 g/mol. The third-order valence-electron chi connectivity index (χ3n) is 14.0. The number of ether oxygens (including phenoxy) is 4. The number of fused-ring (bicyclic) bond motifs is 2. The van der Waals surface area contributed by atoms with Crippen LogP contribution in [0.25, 0.3) is 11.0 Å². The zero-order chi connectivity index (χ0) is 63.4. The maximum absolute atomic E-state index is 13.8. The number of para-hydroxylation sites is 1. The van der Waals surface area contributed by atoms with Crippen LogP contribution in [0.3, 0.4) is 0 Å². The minimum atomic E-state index is -4.29. The van der Waals surface area contributed by atoms with Crippen LogP contribution in [-0.4, -0.2) is 160 Å². The molecule has 470 valence electrons. The summed E-state index contributed by atoms with van der Waals surface area (Å²) < 4.78 is 82.8. The molecule has 0 radical (unpaired) electrons. The van der Waals surface area contributed by atoms with E-state index in [1.165, 1.54) is 71.7 Å². The number of rotatable bonds is 19. The zero-order valence-corrected chi connectivity index (χ0v) is 48.1. The topological polar surface area (TPSA) is 461 Å². The molecule has 2 saturated heterocycles. The number of aliphatic hydroxyl groups excluding tert-OH is 5. The van der Waals surface area contributed by atoms with Gasteiger partial charge in [-0.15, -0.1) is 0 Å². The van der Waals surface area contributed by atoms with E-state index in [4.69, 9.17) is 45.4 Å². The van der Waals surface area contributed by atoms with Gasteiger partial charge < -0.3 is 65.0 Å². The molecule has 0 amide bonds. The number of aromatic nitrogens is 6. The van der Waals surface area contributed by atoms with E-state index in [9.17, 15) is 69.3 Å². The normalized spacial score (nSPS) is 25.3. The number of hydrogen-bond acceptors (Lipinski definition) is 26. The van der Waals surface area contributed by atoms with E-state index in [1.807, 2.05) is 12.1 Å². The molecule has 4 fully saturated rings. The molecule has 2 aromatic carbocycles. The molecule has 0 spiro atoms. The fraction of sp³-hybridized carbons (Fsp3) is 0.472. The SMILES string of the molecule is C.C[C@H](NP(=O)(OC[C@H]1O[C@@](C#N)(c2ccc3c(N)ncnn23)[C@H](O)[C@@H]1O)Oc1ccccc1)C(=O)OC1CCC1.C[C@H](NP(C)(=O)Oc1ccc([N+](=O)[O-])cc1)C(=O)OC1CCC1.N#C[C@@]1(c2ccc3c(N)ncnn23)O[C@H](CO)[C@@H](O)[C@H]1O.[2H]CF. The highest BCUT2D eigenvalue weighted by atomic mass is 31.2. The van der Waals surface area contributed by atoms with Gasteiger partial charge in [-0.05, 0) is 101 Å². The Bertz CT molecular complexity index is 3540. The number of nitro groups is 1. The molecule has 0 bridgehead atoms. The van der Waals surface area contributed by atoms with Crippen LogP contribution in [0.1, 0.15) is 72.6 Å². The molecule has 4 aliphatic rings. The lowest BCUT2D eigenvalue weighted by atomic mass is 9.92. The van der Waals surface area contributed by atoms with Crippen LogP contribution in [0.15, 0.2) is 91.5 Å². The van der Waals surface area contributed by atoms with Crippen LogP contribution in [0.5, 0.6) is 11.5 Å². The number of nitrogens with two attached hydrogens (primary N) is 2. The van der Waals surface area contributed by atoms with Crippen molar-refractivity contribution in [2.45, 2.75) is 132 Å². The predicted octanol–water partition coefficient (Wildman–Crippen LogP) is 3.66. The number of non-ortho nitro benzene ring substituents is 1. The molecule has 31 nitrogen and oxygen atoms in total. The van der Waals surface area contributed by atoms with Gasteiger partial charge in [0.25, 0.3) is 5.69 Å². The highest BCUT2D eigenvalue weighted by Gasteiger charge is 2.59. The molecule has 2 aliphatic carbocycles. The summed E-state index contributed by atoms with van der Waals surface area (Å²) in [6, 6.07) is 21.4. The second-order valence-electron chi connectivity index (χ2n) is 19.9. The Balaban J connectivity index is 0.000000220. The maximum Gasteiger partial charge on any atom is 0.459 e. The lowest BCUT2D eigenvalue weighted by Gasteiger charge is -2.28. The van der Waals surface area contributed by atoms with Crippen molar-refractivity contribution in [1.82, 2.24) is 39.4 Å². The standard InChI is InChI=1S/C25H29N6O8P.C14H19N2O6P.C12H13N5O4.CH3F.CH4/c1-15(24(34)37-16-8-5-9-16)30-40(35,39-17-6-3-2-4-7-17)36-12-19-21(32)22(33)25(13-26,38-19)20-11-10-18-23(27)28-14-29-31(18)20;1-10(14(17)21-12-4-3-5-12)15-23(2,20)22-13-8-6-11(7-9-13)16(18)19;13-4-12(10(20)9(19)7(3-18)21-12)8-2-1-6-11(14)15-5-16-17(6)8;1-2;/h2-4,6-7,10-11,14-16,19,21-22,32-33H,5,8-9,12H2,1H3,(H,30,35)(H2,27,28,29);6-10,12H,3-5H2,1-2H3,(H,15,20);1-2,5,7,9-10,18-20H,3H2,(H2,14,15,16);1H3;1H4/t15-,19+,21+,22+,25-,40?;10-,23?;7-,9-,10-,12+;;/m001../s1/i;;;1D;. The van der Waals surface area contributed by atoms with Crippen LogP contribution in [0, 0.1) is 32.8 Å². The molecule has 87 heavy (non-hydrogen) atoms. The van der Waals surface area contributed by atoms with Crippen LogP contribution < -0.4 is 30.7 Å². The fourth-order valence-electron chi connectivity index (χ4n) is 9.06. The summed E-state index contributed by atoms with van der Waals surface area (Å²) in [7, 11) is -8.61. The number of anilines is 2. The number of hydrogen-bond donors (Lipinski definition) is 9. The summed E-state index contributed by atoms with van der Waals surface area (Å²) in [6.45, 7) is 3.24. The third kappa shape index (κ3) is 15.3. The van der Waals surface area contributed by atoms with Gasteiger partial charge in [0, 0.05) is 18.8 Å². The first-order valence-corrected chi connectivity index (χ1v) is 30.0. The molecule has 4 aromatic heterocycles. The summed E-state index contributed by atoms with van der Waals surface area (Å²) >= 11 is 0. The first-order chi connectivity index (χ1) is 41.4. The van der Waals surface area contributed by atoms with Gasteiger partial charge >= 0.3 is 27.2 Å². The third-order valence-corrected chi connectivity index (χ3v) is 17.1. The van der Waals surface area contributed by atoms with E-state index < -0.39 is 112 Å². The van der Waals surface area contributed by atoms with Crippen molar-refractivity contribution >= 4 is 55.6 Å². The minimum absolute atomic E-state index is 0. The van der Waals surface area contributed by atoms with Crippen LogP contribution >= 0.6 is 15.3 Å². The Morgan fingerprint density at radius 2 is 1.24 bits per heavy atom. The highest BCUT2D eigenvalue weighted by Crippen LogP contribution is 2.48. The van der Waals surface area contributed by atoms with Gasteiger partial charge in [0.05, 0.1) is 38.0 Å². The number of aliphatic hydroxyl groups is 5. The van der Waals surface area contributed by atoms with Gasteiger partial charge in [0.15, 0.2) is 11.6 Å². The molecule has 6 heterocycles. The number of nitrogens with one attached hydrogen (secondary N) is 2. The van der Waals surface area contributed by atoms with Crippen molar-refractivity contribution in [3.8, 4) is 23.6 Å². The Labute approximate surface area is 498 Å². The number of alkyl halides is 1. The number of nitrogens with zero attached hydrogens (tertiary/aromatic N) is 9. The van der Waals surface area contributed by atoms with Crippen molar-refractivity contribution < 1.29 is 87.5 Å². The van der Waals surface area contributed by atoms with Crippen molar-refractivity contribution in [2.24, 2.45) is 0 Å². The monoisotopic (exact) mass is 1260 g/mol. The summed E-state index contributed by atoms with van der Waals surface area (Å²) in [5, 5.41) is 94.5. The number of carbonyl (C=O) groups excluding carboxylic acids is 2. The van der Waals surface area contributed by atoms with Gasteiger partial charge in [-0.25, -0.2) is 28.7 Å². The van der Waals surface area contributed by atoms with E-state index in [0.717, 1.165) is 38.5 Å². The Morgan fingerprint density at radius 1 is 0.793 bits per heavy atom. The minimum Gasteiger partial charge on any atom is -0.461 e. The Morgan fingerprint density at radius 3 is 1.67 bits per heavy atom. The largest absolute Gasteiger partial charge is 0.461 e. The number of halogens is 1. The Kier molecular flexibility index (Phi) is 22.4. The van der Waals surface area contributed by atoms with Gasteiger partial charge in [0.2, 0.25) is 11.2 Å². The number of nitriles is 2. The molecule has 10 rings (SSSR count). The zero-order valence-electron chi connectivity index (χ0n) is 47.3. The quantitative estimate of drug-likeness (QED) is 0.0242. The Hall–Kier alpha value is -7.81. The van der Waals surface area contributed by atoms with E-state index >= 15 is 0 Å². The molecule has 6 aromatic rings. The fourth-order valence-corrected chi connectivity index (χ4v) is 11.9. The molecule has 2 unspecified atom stereocenters.